The third-order valence-corrected chi connectivity index (χ3v) is 2.11. The van der Waals surface area contributed by atoms with Gasteiger partial charge in [0.15, 0.2) is 0 Å². The Morgan fingerprint density at radius 3 is 2.46 bits per heavy atom. The summed E-state index contributed by atoms with van der Waals surface area (Å²) in [6.07, 6.45) is 2.17. The molecule has 0 saturated carbocycles. The molecule has 0 spiro atoms. The van der Waals surface area contributed by atoms with Gasteiger partial charge in [0.05, 0.1) is 5.60 Å². The molecular formula is C10H18O3. The van der Waals surface area contributed by atoms with Crippen LogP contribution in [0.5, 0.6) is 0 Å². The van der Waals surface area contributed by atoms with Crippen LogP contribution in [0.2, 0.25) is 0 Å². The molecule has 0 aliphatic carbocycles. The van der Waals surface area contributed by atoms with Crippen molar-refractivity contribution < 1.29 is 14.6 Å². The number of rotatable bonds is 6. The van der Waals surface area contributed by atoms with Crippen LogP contribution < -0.4 is 0 Å². The van der Waals surface area contributed by atoms with Gasteiger partial charge in [0.25, 0.3) is 0 Å². The summed E-state index contributed by atoms with van der Waals surface area (Å²) in [7, 11) is 1.66. The molecule has 0 radical (unpaired) electrons. The lowest BCUT2D eigenvalue weighted by Gasteiger charge is -2.22. The van der Waals surface area contributed by atoms with Gasteiger partial charge in [0.2, 0.25) is 0 Å². The van der Waals surface area contributed by atoms with Gasteiger partial charge in [-0.25, -0.2) is 4.79 Å². The van der Waals surface area contributed by atoms with Crippen molar-refractivity contribution in [3.8, 4) is 0 Å². The van der Waals surface area contributed by atoms with Crippen molar-refractivity contribution in [3.05, 3.63) is 12.2 Å². The van der Waals surface area contributed by atoms with Crippen LogP contribution in [0, 0.1) is 0 Å². The van der Waals surface area contributed by atoms with Crippen LogP contribution in [0.3, 0.4) is 0 Å². The number of carbonyl (C=O) groups is 1. The van der Waals surface area contributed by atoms with Crippen molar-refractivity contribution in [1.29, 1.82) is 0 Å². The van der Waals surface area contributed by atoms with Crippen molar-refractivity contribution >= 4 is 5.97 Å². The van der Waals surface area contributed by atoms with E-state index in [0.29, 0.717) is 6.42 Å². The van der Waals surface area contributed by atoms with Crippen LogP contribution in [0.15, 0.2) is 12.2 Å². The Morgan fingerprint density at radius 1 is 1.54 bits per heavy atom. The molecule has 0 rings (SSSR count). The molecule has 0 amide bonds. The van der Waals surface area contributed by atoms with E-state index in [9.17, 15) is 4.79 Å². The summed E-state index contributed by atoms with van der Waals surface area (Å²) in [6.45, 7) is 7.42. The zero-order valence-corrected chi connectivity index (χ0v) is 8.59. The predicted molar refractivity (Wildman–Crippen MR) is 51.7 cm³/mol. The van der Waals surface area contributed by atoms with Gasteiger partial charge in [-0.1, -0.05) is 6.58 Å². The number of hydrogen-bond acceptors (Lipinski definition) is 2. The predicted octanol–water partition coefficient (Wildman–Crippen LogP) is 2.22. The number of carboxylic acid groups (broad SMARTS) is 1. The van der Waals surface area contributed by atoms with E-state index in [-0.39, 0.29) is 11.2 Å². The first-order valence-corrected chi connectivity index (χ1v) is 4.35. The van der Waals surface area contributed by atoms with Crippen molar-refractivity contribution in [2.24, 2.45) is 0 Å². The van der Waals surface area contributed by atoms with Gasteiger partial charge < -0.3 is 9.84 Å². The molecule has 0 heterocycles. The lowest BCUT2D eigenvalue weighted by Crippen LogP contribution is -2.22. The summed E-state index contributed by atoms with van der Waals surface area (Å²) >= 11 is 0. The maximum atomic E-state index is 10.4. The number of methoxy groups -OCH3 is 1. The fourth-order valence-corrected chi connectivity index (χ4v) is 0.936. The molecule has 0 aliphatic rings. The van der Waals surface area contributed by atoms with Crippen LogP contribution in [-0.2, 0) is 9.53 Å². The molecule has 3 nitrogen and oxygen atoms in total. The molecule has 76 valence electrons. The third-order valence-electron chi connectivity index (χ3n) is 2.11. The van der Waals surface area contributed by atoms with E-state index in [4.69, 9.17) is 9.84 Å². The van der Waals surface area contributed by atoms with Crippen LogP contribution >= 0.6 is 0 Å². The van der Waals surface area contributed by atoms with Gasteiger partial charge in [0.1, 0.15) is 0 Å². The fourth-order valence-electron chi connectivity index (χ4n) is 0.936. The first-order chi connectivity index (χ1) is 5.89. The molecule has 0 aromatic rings. The Morgan fingerprint density at radius 2 is 2.08 bits per heavy atom. The summed E-state index contributed by atoms with van der Waals surface area (Å²) in [5.74, 6) is -0.907. The minimum absolute atomic E-state index is 0.168. The highest BCUT2D eigenvalue weighted by atomic mass is 16.5. The van der Waals surface area contributed by atoms with Crippen molar-refractivity contribution in [3.63, 3.8) is 0 Å². The van der Waals surface area contributed by atoms with E-state index in [2.05, 4.69) is 6.58 Å². The van der Waals surface area contributed by atoms with Crippen molar-refractivity contribution in [1.82, 2.24) is 0 Å². The molecule has 0 aromatic heterocycles. The van der Waals surface area contributed by atoms with Gasteiger partial charge in [0, 0.05) is 12.7 Å². The second-order valence-corrected chi connectivity index (χ2v) is 3.73. The Hall–Kier alpha value is -0.830. The highest BCUT2D eigenvalue weighted by molar-refractivity contribution is 5.85. The lowest BCUT2D eigenvalue weighted by atomic mass is 9.99. The first kappa shape index (κ1) is 12.2. The number of ether oxygens (including phenoxy) is 1. The second kappa shape index (κ2) is 5.02. The number of hydrogen-bond donors (Lipinski definition) is 1. The number of carboxylic acids is 1. The van der Waals surface area contributed by atoms with Gasteiger partial charge in [-0.15, -0.1) is 0 Å². The number of aliphatic carboxylic acids is 1. The first-order valence-electron chi connectivity index (χ1n) is 4.35. The van der Waals surface area contributed by atoms with Gasteiger partial charge in [-0.3, -0.25) is 0 Å². The van der Waals surface area contributed by atoms with E-state index in [0.717, 1.165) is 12.8 Å². The average molecular weight is 186 g/mol. The van der Waals surface area contributed by atoms with Crippen LogP contribution in [0.25, 0.3) is 0 Å². The summed E-state index contributed by atoms with van der Waals surface area (Å²) in [5, 5.41) is 8.54. The molecule has 0 atom stereocenters. The molecule has 0 bridgehead atoms. The monoisotopic (exact) mass is 186 g/mol. The van der Waals surface area contributed by atoms with E-state index in [1.165, 1.54) is 0 Å². The van der Waals surface area contributed by atoms with Crippen molar-refractivity contribution in [2.45, 2.75) is 38.7 Å². The molecule has 13 heavy (non-hydrogen) atoms. The molecule has 0 aromatic carbocycles. The minimum atomic E-state index is -0.907. The summed E-state index contributed by atoms with van der Waals surface area (Å²) in [4.78, 5) is 10.4. The molecule has 0 saturated heterocycles. The van der Waals surface area contributed by atoms with Crippen molar-refractivity contribution in [2.75, 3.05) is 7.11 Å². The zero-order valence-electron chi connectivity index (χ0n) is 8.59. The van der Waals surface area contributed by atoms with E-state index in [1.54, 1.807) is 7.11 Å². The van der Waals surface area contributed by atoms with Gasteiger partial charge in [-0.2, -0.15) is 0 Å². The largest absolute Gasteiger partial charge is 0.478 e. The molecule has 1 N–H and O–H groups in total. The lowest BCUT2D eigenvalue weighted by molar-refractivity contribution is -0.132. The fraction of sp³-hybridized carbons (Fsp3) is 0.700. The molecule has 0 unspecified atom stereocenters. The Labute approximate surface area is 79.4 Å². The standard InChI is InChI=1S/C10H18O3/c1-8(9(11)12)6-5-7-10(2,3)13-4/h1,5-7H2,2-4H3,(H,11,12). The average Bonchev–Trinajstić information content (AvgIpc) is 2.04. The Kier molecular flexibility index (Phi) is 4.70. The molecule has 0 aliphatic heterocycles. The van der Waals surface area contributed by atoms with Crippen LogP contribution in [-0.4, -0.2) is 23.8 Å². The van der Waals surface area contributed by atoms with Gasteiger partial charge >= 0.3 is 5.97 Å². The SMILES string of the molecule is C=C(CCCC(C)(C)OC)C(=O)O. The second-order valence-electron chi connectivity index (χ2n) is 3.73. The maximum Gasteiger partial charge on any atom is 0.330 e. The highest BCUT2D eigenvalue weighted by Gasteiger charge is 2.16. The summed E-state index contributed by atoms with van der Waals surface area (Å²) in [5.41, 5.74) is 0.102. The highest BCUT2D eigenvalue weighted by Crippen LogP contribution is 2.18. The molecule has 0 fully saturated rings. The van der Waals surface area contributed by atoms with Gasteiger partial charge in [-0.05, 0) is 33.1 Å². The summed E-state index contributed by atoms with van der Waals surface area (Å²) < 4.78 is 5.20. The quantitative estimate of drug-likeness (QED) is 0.647. The van der Waals surface area contributed by atoms with Crippen LogP contribution in [0.1, 0.15) is 33.1 Å². The van der Waals surface area contributed by atoms with E-state index in [1.807, 2.05) is 13.8 Å². The molecular weight excluding hydrogens is 168 g/mol. The molecule has 3 heteroatoms. The normalized spacial score (nSPS) is 11.3. The van der Waals surface area contributed by atoms with Crippen LogP contribution in [0.4, 0.5) is 0 Å². The Balaban J connectivity index is 3.68. The minimum Gasteiger partial charge on any atom is -0.478 e. The third kappa shape index (κ3) is 5.42. The van der Waals surface area contributed by atoms with E-state index >= 15 is 0 Å². The maximum absolute atomic E-state index is 10.4. The zero-order chi connectivity index (χ0) is 10.5. The Bertz CT molecular complexity index is 194. The summed E-state index contributed by atoms with van der Waals surface area (Å²) in [6, 6.07) is 0. The van der Waals surface area contributed by atoms with E-state index < -0.39 is 5.97 Å². The smallest absolute Gasteiger partial charge is 0.330 e. The topological polar surface area (TPSA) is 46.5 Å².